The Bertz CT molecular complexity index is 435. The number of rotatable bonds is 7. The molecule has 2 rings (SSSR count). The molecule has 1 heteroatoms. The van der Waals surface area contributed by atoms with Gasteiger partial charge in [-0.1, -0.05) is 36.8 Å². The Hall–Kier alpha value is -1.08. The standard InChI is InChI=1S/C19H29N/c1-4-13-20-19(12-9-15(2)3)18-11-10-16-7-5-6-8-17(16)14-18/h5-8,18-20H,2,4,9-14H2,1,3H3. The molecule has 1 aliphatic rings. The minimum atomic E-state index is 0.653. The first-order valence-corrected chi connectivity index (χ1v) is 8.15. The minimum absolute atomic E-state index is 0.653. The molecular weight excluding hydrogens is 242 g/mol. The molecule has 0 amide bonds. The largest absolute Gasteiger partial charge is 0.314 e. The van der Waals surface area contributed by atoms with E-state index in [2.05, 4.69) is 50.0 Å². The van der Waals surface area contributed by atoms with Gasteiger partial charge in [0.2, 0.25) is 0 Å². The van der Waals surface area contributed by atoms with Crippen molar-refractivity contribution < 1.29 is 0 Å². The highest BCUT2D eigenvalue weighted by Crippen LogP contribution is 2.29. The monoisotopic (exact) mass is 271 g/mol. The third kappa shape index (κ3) is 4.21. The molecule has 1 aromatic rings. The summed E-state index contributed by atoms with van der Waals surface area (Å²) >= 11 is 0. The van der Waals surface area contributed by atoms with Crippen molar-refractivity contribution in [3.8, 4) is 0 Å². The molecule has 2 unspecified atom stereocenters. The van der Waals surface area contributed by atoms with E-state index < -0.39 is 0 Å². The average Bonchev–Trinajstić information content (AvgIpc) is 2.46. The van der Waals surface area contributed by atoms with Gasteiger partial charge in [-0.3, -0.25) is 0 Å². The molecule has 2 atom stereocenters. The molecule has 0 radical (unpaired) electrons. The fourth-order valence-electron chi connectivity index (χ4n) is 3.31. The normalized spacial score (nSPS) is 19.4. The molecule has 0 saturated heterocycles. The number of allylic oxidation sites excluding steroid dienone is 1. The number of hydrogen-bond donors (Lipinski definition) is 1. The first kappa shape index (κ1) is 15.3. The Morgan fingerprint density at radius 1 is 1.35 bits per heavy atom. The Kier molecular flexibility index (Phi) is 5.85. The fourth-order valence-corrected chi connectivity index (χ4v) is 3.31. The molecule has 0 aliphatic heterocycles. The predicted molar refractivity (Wildman–Crippen MR) is 88.1 cm³/mol. The van der Waals surface area contributed by atoms with E-state index in [0.717, 1.165) is 18.9 Å². The van der Waals surface area contributed by atoms with Crippen LogP contribution >= 0.6 is 0 Å². The summed E-state index contributed by atoms with van der Waals surface area (Å²) in [7, 11) is 0. The van der Waals surface area contributed by atoms with E-state index in [1.165, 1.54) is 37.7 Å². The average molecular weight is 271 g/mol. The molecule has 0 bridgehead atoms. The van der Waals surface area contributed by atoms with Gasteiger partial charge in [0.05, 0.1) is 0 Å². The molecule has 0 spiro atoms. The van der Waals surface area contributed by atoms with Crippen LogP contribution in [0.25, 0.3) is 0 Å². The van der Waals surface area contributed by atoms with Gasteiger partial charge in [-0.15, -0.1) is 6.58 Å². The molecular formula is C19H29N. The maximum absolute atomic E-state index is 4.06. The smallest absolute Gasteiger partial charge is 0.0102 e. The highest BCUT2D eigenvalue weighted by Gasteiger charge is 2.25. The number of nitrogens with one attached hydrogen (secondary N) is 1. The van der Waals surface area contributed by atoms with Crippen LogP contribution in [0.2, 0.25) is 0 Å². The summed E-state index contributed by atoms with van der Waals surface area (Å²) in [6.45, 7) is 9.59. The van der Waals surface area contributed by atoms with Crippen LogP contribution < -0.4 is 5.32 Å². The minimum Gasteiger partial charge on any atom is -0.314 e. The summed E-state index contributed by atoms with van der Waals surface area (Å²) in [4.78, 5) is 0. The number of fused-ring (bicyclic) bond motifs is 1. The maximum Gasteiger partial charge on any atom is 0.0102 e. The van der Waals surface area contributed by atoms with Gasteiger partial charge in [0.25, 0.3) is 0 Å². The maximum atomic E-state index is 4.06. The first-order valence-electron chi connectivity index (χ1n) is 8.15. The highest BCUT2D eigenvalue weighted by atomic mass is 14.9. The molecule has 0 saturated carbocycles. The summed E-state index contributed by atoms with van der Waals surface area (Å²) in [6.07, 6.45) is 7.43. The van der Waals surface area contributed by atoms with Gasteiger partial charge < -0.3 is 5.32 Å². The van der Waals surface area contributed by atoms with E-state index in [1.54, 1.807) is 11.1 Å². The van der Waals surface area contributed by atoms with E-state index in [4.69, 9.17) is 0 Å². The zero-order valence-electron chi connectivity index (χ0n) is 13.1. The zero-order chi connectivity index (χ0) is 14.4. The third-order valence-corrected chi connectivity index (χ3v) is 4.49. The second-order valence-corrected chi connectivity index (χ2v) is 6.33. The van der Waals surface area contributed by atoms with Gasteiger partial charge in [-0.25, -0.2) is 0 Å². The molecule has 0 heterocycles. The van der Waals surface area contributed by atoms with Crippen molar-refractivity contribution in [1.82, 2.24) is 5.32 Å². The summed E-state index contributed by atoms with van der Waals surface area (Å²) in [6, 6.07) is 9.63. The fraction of sp³-hybridized carbons (Fsp3) is 0.579. The van der Waals surface area contributed by atoms with Crippen molar-refractivity contribution >= 4 is 0 Å². The lowest BCUT2D eigenvalue weighted by molar-refractivity contribution is 0.305. The van der Waals surface area contributed by atoms with Crippen molar-refractivity contribution in [2.24, 2.45) is 5.92 Å². The van der Waals surface area contributed by atoms with Crippen LogP contribution in [0.1, 0.15) is 50.7 Å². The molecule has 0 fully saturated rings. The van der Waals surface area contributed by atoms with E-state index >= 15 is 0 Å². The van der Waals surface area contributed by atoms with E-state index in [0.29, 0.717) is 6.04 Å². The zero-order valence-corrected chi connectivity index (χ0v) is 13.1. The third-order valence-electron chi connectivity index (χ3n) is 4.49. The molecule has 1 N–H and O–H groups in total. The van der Waals surface area contributed by atoms with Crippen LogP contribution in [0.15, 0.2) is 36.4 Å². The van der Waals surface area contributed by atoms with Gasteiger partial charge in [0, 0.05) is 6.04 Å². The van der Waals surface area contributed by atoms with Gasteiger partial charge in [0.15, 0.2) is 0 Å². The van der Waals surface area contributed by atoms with Crippen LogP contribution in [0.5, 0.6) is 0 Å². The molecule has 1 aromatic carbocycles. The van der Waals surface area contributed by atoms with E-state index in [1.807, 2.05) is 0 Å². The van der Waals surface area contributed by atoms with Gasteiger partial charge in [-0.2, -0.15) is 0 Å². The first-order chi connectivity index (χ1) is 9.70. The van der Waals surface area contributed by atoms with Crippen LogP contribution in [0.3, 0.4) is 0 Å². The quantitative estimate of drug-likeness (QED) is 0.719. The predicted octanol–water partition coefficient (Wildman–Crippen LogP) is 4.52. The second-order valence-electron chi connectivity index (χ2n) is 6.33. The highest BCUT2D eigenvalue weighted by molar-refractivity contribution is 5.30. The summed E-state index contributed by atoms with van der Waals surface area (Å²) in [5, 5.41) is 3.78. The van der Waals surface area contributed by atoms with E-state index in [9.17, 15) is 0 Å². The topological polar surface area (TPSA) is 12.0 Å². The van der Waals surface area contributed by atoms with Crippen LogP contribution in [0, 0.1) is 5.92 Å². The van der Waals surface area contributed by atoms with Crippen molar-refractivity contribution in [3.05, 3.63) is 47.5 Å². The molecule has 0 aromatic heterocycles. The number of hydrogen-bond acceptors (Lipinski definition) is 1. The van der Waals surface area contributed by atoms with Gasteiger partial charge >= 0.3 is 0 Å². The van der Waals surface area contributed by atoms with Crippen LogP contribution in [-0.2, 0) is 12.8 Å². The lowest BCUT2D eigenvalue weighted by atomic mass is 9.78. The summed E-state index contributed by atoms with van der Waals surface area (Å²) in [5.41, 5.74) is 4.45. The van der Waals surface area contributed by atoms with E-state index in [-0.39, 0.29) is 0 Å². The molecule has 110 valence electrons. The lowest BCUT2D eigenvalue weighted by Gasteiger charge is -2.32. The number of benzene rings is 1. The lowest BCUT2D eigenvalue weighted by Crippen LogP contribution is -2.39. The molecule has 20 heavy (non-hydrogen) atoms. The van der Waals surface area contributed by atoms with Crippen molar-refractivity contribution in [3.63, 3.8) is 0 Å². The van der Waals surface area contributed by atoms with Crippen LogP contribution in [0.4, 0.5) is 0 Å². The summed E-state index contributed by atoms with van der Waals surface area (Å²) in [5.74, 6) is 0.788. The SMILES string of the molecule is C=C(C)CCC(NCCC)C1CCc2ccccc2C1. The molecule has 1 nitrogen and oxygen atoms in total. The second kappa shape index (κ2) is 7.64. The van der Waals surface area contributed by atoms with Gasteiger partial charge in [0.1, 0.15) is 0 Å². The Labute approximate surface area is 124 Å². The van der Waals surface area contributed by atoms with Crippen molar-refractivity contribution in [1.29, 1.82) is 0 Å². The Balaban J connectivity index is 2.00. The van der Waals surface area contributed by atoms with Crippen molar-refractivity contribution in [2.45, 2.75) is 58.4 Å². The van der Waals surface area contributed by atoms with Crippen LogP contribution in [-0.4, -0.2) is 12.6 Å². The summed E-state index contributed by atoms with van der Waals surface area (Å²) < 4.78 is 0. The van der Waals surface area contributed by atoms with Crippen molar-refractivity contribution in [2.75, 3.05) is 6.54 Å². The number of aryl methyl sites for hydroxylation is 1. The Morgan fingerprint density at radius 3 is 2.80 bits per heavy atom. The van der Waals surface area contributed by atoms with Gasteiger partial charge in [-0.05, 0) is 69.0 Å². The Morgan fingerprint density at radius 2 is 2.10 bits per heavy atom. The molecule has 1 aliphatic carbocycles.